The van der Waals surface area contributed by atoms with Crippen molar-refractivity contribution in [2.75, 3.05) is 26.3 Å². The summed E-state index contributed by atoms with van der Waals surface area (Å²) in [5.41, 5.74) is 1.000. The van der Waals surface area contributed by atoms with Crippen LogP contribution in [0, 0.1) is 13.1 Å². The van der Waals surface area contributed by atoms with Crippen LogP contribution in [0.2, 0.25) is 0 Å². The largest absolute Gasteiger partial charge is 0.508 e. The van der Waals surface area contributed by atoms with Crippen LogP contribution in [-0.2, 0) is 20.8 Å². The number of carbonyl (C=O) groups is 3. The number of aliphatic hydroxyl groups excluding tert-OH is 2. The van der Waals surface area contributed by atoms with Gasteiger partial charge in [0.15, 0.2) is 11.5 Å². The average molecular weight is 723 g/mol. The second kappa shape index (κ2) is 15.5. The zero-order valence-corrected chi connectivity index (χ0v) is 24.4. The molecule has 10 heteroatoms. The third-order valence-electron chi connectivity index (χ3n) is 5.51. The van der Waals surface area contributed by atoms with E-state index in [4.69, 9.17) is 4.74 Å². The normalized spacial score (nSPS) is 11.7. The van der Waals surface area contributed by atoms with Crippen LogP contribution in [0.5, 0.6) is 17.2 Å². The lowest BCUT2D eigenvalue weighted by atomic mass is 9.95. The van der Waals surface area contributed by atoms with Crippen LogP contribution in [0.4, 0.5) is 0 Å². The molecule has 0 fully saturated rings. The Bertz CT molecular complexity index is 1020. The van der Waals surface area contributed by atoms with Crippen LogP contribution in [0.15, 0.2) is 36.4 Å². The van der Waals surface area contributed by atoms with Gasteiger partial charge in [-0.2, -0.15) is 0 Å². The first-order chi connectivity index (χ1) is 17.1. The van der Waals surface area contributed by atoms with Crippen molar-refractivity contribution < 1.29 is 34.4 Å². The number of aromatic hydroxyl groups is 1. The van der Waals surface area contributed by atoms with Gasteiger partial charge in [-0.3, -0.25) is 9.59 Å². The number of amides is 1. The maximum Gasteiger partial charge on any atom is 0.223 e. The summed E-state index contributed by atoms with van der Waals surface area (Å²) in [6.45, 7) is 0.980. The number of carbonyl (C=O) groups excluding carboxylic acids is 3. The topological polar surface area (TPSA) is 124 Å². The molecule has 2 aromatic carbocycles. The fraction of sp³-hybridized carbons (Fsp3) is 0.423. The summed E-state index contributed by atoms with van der Waals surface area (Å²) in [4.78, 5) is 37.2. The zero-order chi connectivity index (χ0) is 26.7. The van der Waals surface area contributed by atoms with Gasteiger partial charge in [-0.05, 0) is 113 Å². The Hall–Kier alpha value is -1.77. The van der Waals surface area contributed by atoms with Crippen molar-refractivity contribution in [2.45, 2.75) is 39.0 Å². The molecule has 36 heavy (non-hydrogen) atoms. The molecule has 8 nitrogen and oxygen atoms in total. The fourth-order valence-electron chi connectivity index (χ4n) is 3.56. The van der Waals surface area contributed by atoms with E-state index in [0.717, 1.165) is 12.7 Å². The van der Waals surface area contributed by atoms with Gasteiger partial charge in [0.2, 0.25) is 5.91 Å². The van der Waals surface area contributed by atoms with Crippen LogP contribution in [0.1, 0.15) is 38.2 Å². The number of nitrogens with zero attached hydrogens (tertiary/aromatic N) is 1. The Morgan fingerprint density at radius 3 is 2.19 bits per heavy atom. The van der Waals surface area contributed by atoms with E-state index in [-0.39, 0.29) is 74.7 Å². The highest BCUT2D eigenvalue weighted by atomic mass is 127. The number of Topliss-reactive ketones (excluding diaryl/α,β-unsaturated/α-hetero) is 2. The van der Waals surface area contributed by atoms with Crippen LogP contribution >= 0.6 is 45.2 Å². The standard InChI is InChI=1S/C26H31I2NO7/c1-17(32)2-4-21(34)15-29(10-11-30)25(35)9-3-18(16-31)12-19-13-23(27)26(24(28)14-19)36-22-7-5-20(33)6-8-22/h5-8,13-14,18,30-31,33H,2-4,9-12,15-16H2,1H3/t18-/m0/s1. The van der Waals surface area contributed by atoms with Crippen molar-refractivity contribution in [3.63, 3.8) is 0 Å². The van der Waals surface area contributed by atoms with E-state index < -0.39 is 0 Å². The van der Waals surface area contributed by atoms with E-state index in [1.807, 2.05) is 12.1 Å². The van der Waals surface area contributed by atoms with E-state index >= 15 is 0 Å². The summed E-state index contributed by atoms with van der Waals surface area (Å²) in [6, 6.07) is 10.4. The van der Waals surface area contributed by atoms with Gasteiger partial charge >= 0.3 is 0 Å². The van der Waals surface area contributed by atoms with Gasteiger partial charge in [0.1, 0.15) is 17.3 Å². The molecule has 0 aromatic heterocycles. The highest BCUT2D eigenvalue weighted by molar-refractivity contribution is 14.1. The molecule has 0 aliphatic heterocycles. The Balaban J connectivity index is 1.98. The smallest absolute Gasteiger partial charge is 0.223 e. The summed E-state index contributed by atoms with van der Waals surface area (Å²) in [6.07, 6.45) is 1.35. The molecule has 0 unspecified atom stereocenters. The van der Waals surface area contributed by atoms with Crippen LogP contribution < -0.4 is 4.74 Å². The molecule has 196 valence electrons. The molecule has 1 amide bonds. The number of halogens is 2. The predicted molar refractivity (Wildman–Crippen MR) is 152 cm³/mol. The molecule has 0 aliphatic rings. The van der Waals surface area contributed by atoms with Crippen molar-refractivity contribution >= 4 is 62.7 Å². The zero-order valence-electron chi connectivity index (χ0n) is 20.1. The van der Waals surface area contributed by atoms with Crippen molar-refractivity contribution in [1.29, 1.82) is 0 Å². The van der Waals surface area contributed by atoms with Crippen molar-refractivity contribution in [2.24, 2.45) is 5.92 Å². The van der Waals surface area contributed by atoms with Crippen molar-refractivity contribution in [3.05, 3.63) is 49.1 Å². The molecule has 0 bridgehead atoms. The second-order valence-electron chi connectivity index (χ2n) is 8.56. The molecular formula is C26H31I2NO7. The quantitative estimate of drug-likeness (QED) is 0.237. The van der Waals surface area contributed by atoms with Gasteiger partial charge in [-0.1, -0.05) is 0 Å². The SMILES string of the molecule is CC(=O)CCC(=O)CN(CCO)C(=O)CC[C@H](CO)Cc1cc(I)c(Oc2ccc(O)cc2)c(I)c1. The average Bonchev–Trinajstić information content (AvgIpc) is 2.83. The highest BCUT2D eigenvalue weighted by Gasteiger charge is 2.20. The van der Waals surface area contributed by atoms with Crippen molar-refractivity contribution in [3.8, 4) is 17.2 Å². The van der Waals surface area contributed by atoms with Gasteiger partial charge in [-0.25, -0.2) is 0 Å². The summed E-state index contributed by atoms with van der Waals surface area (Å²) in [5.74, 6) is 0.748. The number of hydrogen-bond acceptors (Lipinski definition) is 7. The van der Waals surface area contributed by atoms with E-state index in [1.165, 1.54) is 11.8 Å². The molecule has 1 atom stereocenters. The van der Waals surface area contributed by atoms with Crippen molar-refractivity contribution in [1.82, 2.24) is 4.90 Å². The lowest BCUT2D eigenvalue weighted by Crippen LogP contribution is -2.38. The fourth-order valence-corrected chi connectivity index (χ4v) is 5.67. The van der Waals surface area contributed by atoms with Gasteiger partial charge in [-0.15, -0.1) is 0 Å². The second-order valence-corrected chi connectivity index (χ2v) is 10.9. The number of ether oxygens (including phenoxy) is 1. The Morgan fingerprint density at radius 2 is 1.64 bits per heavy atom. The van der Waals surface area contributed by atoms with Gasteiger partial charge in [0.05, 0.1) is 20.3 Å². The first-order valence-corrected chi connectivity index (χ1v) is 13.7. The molecule has 2 aromatic rings. The Labute approximate surface area is 238 Å². The monoisotopic (exact) mass is 723 g/mol. The first kappa shape index (κ1) is 30.5. The van der Waals surface area contributed by atoms with E-state index in [9.17, 15) is 29.7 Å². The Kier molecular flexibility index (Phi) is 13.1. The number of hydrogen-bond donors (Lipinski definition) is 3. The van der Waals surface area contributed by atoms with E-state index in [0.29, 0.717) is 24.3 Å². The van der Waals surface area contributed by atoms with Gasteiger partial charge < -0.3 is 29.8 Å². The maximum atomic E-state index is 12.7. The van der Waals surface area contributed by atoms with E-state index in [2.05, 4.69) is 45.2 Å². The number of rotatable bonds is 15. The number of phenols is 1. The number of aliphatic hydroxyl groups is 2. The van der Waals surface area contributed by atoms with Crippen LogP contribution in [-0.4, -0.2) is 64.0 Å². The first-order valence-electron chi connectivity index (χ1n) is 11.6. The molecule has 0 saturated heterocycles. The van der Waals surface area contributed by atoms with Crippen LogP contribution in [0.3, 0.4) is 0 Å². The molecule has 2 rings (SSSR count). The highest BCUT2D eigenvalue weighted by Crippen LogP contribution is 2.34. The molecule has 0 heterocycles. The minimum Gasteiger partial charge on any atom is -0.508 e. The van der Waals surface area contributed by atoms with E-state index in [1.54, 1.807) is 24.3 Å². The lowest BCUT2D eigenvalue weighted by Gasteiger charge is -2.22. The van der Waals surface area contributed by atoms with Crippen LogP contribution in [0.25, 0.3) is 0 Å². The molecule has 0 spiro atoms. The molecule has 0 saturated carbocycles. The lowest BCUT2D eigenvalue weighted by molar-refractivity contribution is -0.136. The minimum absolute atomic E-state index is 0.0489. The molecular weight excluding hydrogens is 692 g/mol. The summed E-state index contributed by atoms with van der Waals surface area (Å²) >= 11 is 4.39. The third kappa shape index (κ3) is 10.3. The molecule has 0 aliphatic carbocycles. The number of benzene rings is 2. The maximum absolute atomic E-state index is 12.7. The minimum atomic E-state index is -0.263. The summed E-state index contributed by atoms with van der Waals surface area (Å²) < 4.78 is 7.77. The number of ketones is 2. The summed E-state index contributed by atoms with van der Waals surface area (Å²) in [7, 11) is 0. The molecule has 0 radical (unpaired) electrons. The summed E-state index contributed by atoms with van der Waals surface area (Å²) in [5, 5.41) is 28.7. The number of phenolic OH excluding ortho intramolecular Hbond substituents is 1. The Morgan fingerprint density at radius 1 is 1.00 bits per heavy atom. The van der Waals surface area contributed by atoms with Gasteiger partial charge in [0, 0.05) is 32.4 Å². The molecule has 3 N–H and O–H groups in total. The third-order valence-corrected chi connectivity index (χ3v) is 7.11. The van der Waals surface area contributed by atoms with Gasteiger partial charge in [0.25, 0.3) is 0 Å². The predicted octanol–water partition coefficient (Wildman–Crippen LogP) is 4.08.